The first kappa shape index (κ1) is 17.8. The van der Waals surface area contributed by atoms with Gasteiger partial charge in [0.2, 0.25) is 0 Å². The van der Waals surface area contributed by atoms with Crippen LogP contribution >= 0.6 is 12.4 Å². The molecule has 2 rings (SSSR count). The number of amides is 1. The van der Waals surface area contributed by atoms with E-state index in [2.05, 4.69) is 10.6 Å². The zero-order chi connectivity index (χ0) is 14.5. The SMILES string of the molecule is COc1cc(C)ccc1C(=O)NC[C@@H]1CCNC[C@H]1O.Cl. The number of β-amino-alcohol motifs (C(OH)–C–C–N with tert-alkyl or cyclic N) is 1. The van der Waals surface area contributed by atoms with Gasteiger partial charge in [0.15, 0.2) is 0 Å². The largest absolute Gasteiger partial charge is 0.496 e. The van der Waals surface area contributed by atoms with E-state index < -0.39 is 6.10 Å². The van der Waals surface area contributed by atoms with Gasteiger partial charge >= 0.3 is 0 Å². The number of ether oxygens (including phenoxy) is 1. The number of aliphatic hydroxyl groups excluding tert-OH is 1. The molecule has 3 N–H and O–H groups in total. The van der Waals surface area contributed by atoms with Crippen LogP contribution in [-0.4, -0.2) is 43.9 Å². The van der Waals surface area contributed by atoms with Gasteiger partial charge in [-0.05, 0) is 37.6 Å². The van der Waals surface area contributed by atoms with Crippen molar-refractivity contribution in [3.63, 3.8) is 0 Å². The van der Waals surface area contributed by atoms with Crippen LogP contribution in [0.15, 0.2) is 18.2 Å². The molecule has 118 valence electrons. The van der Waals surface area contributed by atoms with Crippen molar-refractivity contribution < 1.29 is 14.6 Å². The second-order valence-electron chi connectivity index (χ2n) is 5.23. The summed E-state index contributed by atoms with van der Waals surface area (Å²) in [5.74, 6) is 0.526. The third-order valence-corrected chi connectivity index (χ3v) is 3.72. The molecule has 1 aliphatic heterocycles. The van der Waals surface area contributed by atoms with Crippen LogP contribution in [0.4, 0.5) is 0 Å². The summed E-state index contributed by atoms with van der Waals surface area (Å²) < 4.78 is 5.24. The van der Waals surface area contributed by atoms with E-state index in [1.165, 1.54) is 0 Å². The van der Waals surface area contributed by atoms with Crippen LogP contribution in [0, 0.1) is 12.8 Å². The average molecular weight is 315 g/mol. The second kappa shape index (κ2) is 8.22. The number of carbonyl (C=O) groups is 1. The smallest absolute Gasteiger partial charge is 0.255 e. The number of hydrogen-bond donors (Lipinski definition) is 3. The maximum Gasteiger partial charge on any atom is 0.255 e. The molecular weight excluding hydrogens is 292 g/mol. The zero-order valence-corrected chi connectivity index (χ0v) is 13.2. The Balaban J connectivity index is 0.00000220. The minimum absolute atomic E-state index is 0. The first-order valence-electron chi connectivity index (χ1n) is 6.93. The van der Waals surface area contributed by atoms with Crippen LogP contribution < -0.4 is 15.4 Å². The number of carbonyl (C=O) groups excluding carboxylic acids is 1. The van der Waals surface area contributed by atoms with Crippen LogP contribution in [-0.2, 0) is 0 Å². The molecule has 1 saturated heterocycles. The lowest BCUT2D eigenvalue weighted by atomic mass is 9.95. The Morgan fingerprint density at radius 2 is 2.29 bits per heavy atom. The molecule has 0 aromatic heterocycles. The van der Waals surface area contributed by atoms with E-state index >= 15 is 0 Å². The number of piperidine rings is 1. The Labute approximate surface area is 131 Å². The molecule has 1 aromatic carbocycles. The van der Waals surface area contributed by atoms with Crippen molar-refractivity contribution in [1.29, 1.82) is 0 Å². The summed E-state index contributed by atoms with van der Waals surface area (Å²) in [6.07, 6.45) is 0.468. The monoisotopic (exact) mass is 314 g/mol. The van der Waals surface area contributed by atoms with Gasteiger partial charge in [-0.1, -0.05) is 6.07 Å². The quantitative estimate of drug-likeness (QED) is 0.779. The summed E-state index contributed by atoms with van der Waals surface area (Å²) in [7, 11) is 1.56. The highest BCUT2D eigenvalue weighted by Crippen LogP contribution is 2.20. The number of methoxy groups -OCH3 is 1. The third-order valence-electron chi connectivity index (χ3n) is 3.72. The number of halogens is 1. The van der Waals surface area contributed by atoms with Crippen molar-refractivity contribution >= 4 is 18.3 Å². The summed E-state index contributed by atoms with van der Waals surface area (Å²) in [4.78, 5) is 12.2. The highest BCUT2D eigenvalue weighted by molar-refractivity contribution is 5.97. The van der Waals surface area contributed by atoms with Gasteiger partial charge in [-0.2, -0.15) is 0 Å². The average Bonchev–Trinajstić information content (AvgIpc) is 2.46. The molecule has 1 amide bonds. The molecule has 1 fully saturated rings. The van der Waals surface area contributed by atoms with Gasteiger partial charge in [0.1, 0.15) is 5.75 Å². The minimum atomic E-state index is -0.399. The maximum atomic E-state index is 12.2. The van der Waals surface area contributed by atoms with Crippen molar-refractivity contribution in [3.8, 4) is 5.75 Å². The van der Waals surface area contributed by atoms with E-state index in [-0.39, 0.29) is 24.2 Å². The third kappa shape index (κ3) is 4.59. The molecule has 0 aliphatic carbocycles. The molecule has 1 heterocycles. The van der Waals surface area contributed by atoms with Gasteiger partial charge in [-0.3, -0.25) is 4.79 Å². The molecule has 2 atom stereocenters. The molecule has 6 heteroatoms. The normalized spacial score (nSPS) is 21.3. The number of aliphatic hydroxyl groups is 1. The van der Waals surface area contributed by atoms with Crippen molar-refractivity contribution in [3.05, 3.63) is 29.3 Å². The number of benzene rings is 1. The summed E-state index contributed by atoms with van der Waals surface area (Å²) >= 11 is 0. The van der Waals surface area contributed by atoms with E-state index in [1.54, 1.807) is 13.2 Å². The molecule has 0 unspecified atom stereocenters. The van der Waals surface area contributed by atoms with Crippen LogP contribution in [0.2, 0.25) is 0 Å². The fourth-order valence-electron chi connectivity index (χ4n) is 2.44. The summed E-state index contributed by atoms with van der Waals surface area (Å²) in [6.45, 7) is 3.91. The van der Waals surface area contributed by atoms with E-state index in [4.69, 9.17) is 4.74 Å². The van der Waals surface area contributed by atoms with E-state index in [0.29, 0.717) is 24.4 Å². The highest BCUT2D eigenvalue weighted by atomic mass is 35.5. The van der Waals surface area contributed by atoms with Crippen molar-refractivity contribution in [2.75, 3.05) is 26.7 Å². The summed E-state index contributed by atoms with van der Waals surface area (Å²) in [5.41, 5.74) is 1.58. The number of nitrogens with one attached hydrogen (secondary N) is 2. The second-order valence-corrected chi connectivity index (χ2v) is 5.23. The lowest BCUT2D eigenvalue weighted by Gasteiger charge is -2.28. The Kier molecular flexibility index (Phi) is 6.95. The maximum absolute atomic E-state index is 12.2. The fraction of sp³-hybridized carbons (Fsp3) is 0.533. The standard InChI is InChI=1S/C15H22N2O3.ClH/c1-10-3-4-12(14(7-10)20-2)15(19)17-8-11-5-6-16-9-13(11)18;/h3-4,7,11,13,16,18H,5-6,8-9H2,1-2H3,(H,17,19);1H/t11-,13+;/m0./s1. The minimum Gasteiger partial charge on any atom is -0.496 e. The van der Waals surface area contributed by atoms with Gasteiger partial charge in [-0.25, -0.2) is 0 Å². The topological polar surface area (TPSA) is 70.6 Å². The van der Waals surface area contributed by atoms with Crippen molar-refractivity contribution in [2.24, 2.45) is 5.92 Å². The lowest BCUT2D eigenvalue weighted by Crippen LogP contribution is -2.45. The number of aryl methyl sites for hydroxylation is 1. The Morgan fingerprint density at radius 3 is 2.95 bits per heavy atom. The van der Waals surface area contributed by atoms with Crippen LogP contribution in [0.3, 0.4) is 0 Å². The molecule has 0 radical (unpaired) electrons. The van der Waals surface area contributed by atoms with E-state index in [0.717, 1.165) is 18.5 Å². The summed E-state index contributed by atoms with van der Waals surface area (Å²) in [5, 5.41) is 15.9. The zero-order valence-electron chi connectivity index (χ0n) is 12.4. The first-order chi connectivity index (χ1) is 9.61. The molecule has 1 aliphatic rings. The Morgan fingerprint density at radius 1 is 1.52 bits per heavy atom. The van der Waals surface area contributed by atoms with E-state index in [9.17, 15) is 9.90 Å². The molecule has 1 aromatic rings. The number of rotatable bonds is 4. The Hall–Kier alpha value is -1.30. The lowest BCUT2D eigenvalue weighted by molar-refractivity contribution is 0.0752. The van der Waals surface area contributed by atoms with Gasteiger partial charge < -0.3 is 20.5 Å². The predicted molar refractivity (Wildman–Crippen MR) is 84.3 cm³/mol. The molecule has 0 spiro atoms. The van der Waals surface area contributed by atoms with Gasteiger partial charge in [0, 0.05) is 19.0 Å². The van der Waals surface area contributed by atoms with Gasteiger partial charge in [0.05, 0.1) is 18.8 Å². The highest BCUT2D eigenvalue weighted by Gasteiger charge is 2.23. The summed E-state index contributed by atoms with van der Waals surface area (Å²) in [6, 6.07) is 5.49. The molecular formula is C15H23ClN2O3. The van der Waals surface area contributed by atoms with Crippen LogP contribution in [0.25, 0.3) is 0 Å². The molecule has 0 saturated carbocycles. The number of hydrogen-bond acceptors (Lipinski definition) is 4. The van der Waals surface area contributed by atoms with Gasteiger partial charge in [-0.15, -0.1) is 12.4 Å². The fourth-order valence-corrected chi connectivity index (χ4v) is 2.44. The van der Waals surface area contributed by atoms with Crippen molar-refractivity contribution in [2.45, 2.75) is 19.4 Å². The van der Waals surface area contributed by atoms with Crippen LogP contribution in [0.5, 0.6) is 5.75 Å². The molecule has 5 nitrogen and oxygen atoms in total. The van der Waals surface area contributed by atoms with Gasteiger partial charge in [0.25, 0.3) is 5.91 Å². The Bertz CT molecular complexity index is 482. The van der Waals surface area contributed by atoms with Crippen LogP contribution in [0.1, 0.15) is 22.3 Å². The van der Waals surface area contributed by atoms with Crippen molar-refractivity contribution in [1.82, 2.24) is 10.6 Å². The first-order valence-corrected chi connectivity index (χ1v) is 6.93. The predicted octanol–water partition coefficient (Wildman–Crippen LogP) is 1.13. The van der Waals surface area contributed by atoms with E-state index in [1.807, 2.05) is 19.1 Å². The molecule has 0 bridgehead atoms. The molecule has 21 heavy (non-hydrogen) atoms.